The molecule has 0 saturated carbocycles. The minimum atomic E-state index is 0.0367. The molecule has 0 spiro atoms. The number of aryl methyl sites for hydroxylation is 12. The molecule has 0 unspecified atom stereocenters. The fraction of sp³-hybridized carbons (Fsp3) is 0.207. The van der Waals surface area contributed by atoms with Crippen LogP contribution in [0.25, 0.3) is 0 Å². The van der Waals surface area contributed by atoms with E-state index in [1.165, 1.54) is 99.5 Å². The van der Waals surface area contributed by atoms with Crippen molar-refractivity contribution in [2.45, 2.75) is 83.1 Å². The third-order valence-corrected chi connectivity index (χ3v) is 13.7. The molecule has 7 rings (SSSR count). The van der Waals surface area contributed by atoms with Crippen LogP contribution in [-0.2, 0) is 0 Å². The molecule has 0 aliphatic heterocycles. The average Bonchev–Trinajstić information content (AvgIpc) is 3.18. The molecule has 0 atom stereocenters. The first kappa shape index (κ1) is 44.8. The van der Waals surface area contributed by atoms with Crippen molar-refractivity contribution >= 4 is 78.1 Å². The van der Waals surface area contributed by atoms with Crippen LogP contribution >= 0.6 is 31.9 Å². The van der Waals surface area contributed by atoms with Gasteiger partial charge in [0, 0.05) is 31.2 Å². The lowest BCUT2D eigenvalue weighted by Crippen LogP contribution is -2.56. The van der Waals surface area contributed by atoms with E-state index in [4.69, 9.17) is 0 Å². The Morgan fingerprint density at radius 3 is 0.790 bits per heavy atom. The Balaban J connectivity index is 1.31. The summed E-state index contributed by atoms with van der Waals surface area (Å²) in [7, 11) is 0. The van der Waals surface area contributed by atoms with Gasteiger partial charge < -0.3 is 0 Å². The maximum absolute atomic E-state index is 3.90. The van der Waals surface area contributed by atoms with Crippen molar-refractivity contribution in [3.8, 4) is 23.7 Å². The predicted molar refractivity (Wildman–Crippen MR) is 279 cm³/mol. The third-order valence-electron chi connectivity index (χ3n) is 12.4. The lowest BCUT2D eigenvalue weighted by Gasteiger charge is -2.25. The molecule has 7 aromatic rings. The van der Waals surface area contributed by atoms with Gasteiger partial charge in [0.2, 0.25) is 13.4 Å². The van der Waals surface area contributed by atoms with Crippen LogP contribution in [-0.4, -0.2) is 13.4 Å². The fourth-order valence-electron chi connectivity index (χ4n) is 10.2. The molecule has 62 heavy (non-hydrogen) atoms. The van der Waals surface area contributed by atoms with Crippen molar-refractivity contribution in [1.29, 1.82) is 0 Å². The van der Waals surface area contributed by atoms with Gasteiger partial charge >= 0.3 is 0 Å². The van der Waals surface area contributed by atoms with Crippen molar-refractivity contribution < 1.29 is 0 Å². The predicted octanol–water partition coefficient (Wildman–Crippen LogP) is 10.7. The quantitative estimate of drug-likeness (QED) is 0.115. The summed E-state index contributed by atoms with van der Waals surface area (Å²) in [5.41, 5.74) is 27.2. The van der Waals surface area contributed by atoms with Crippen LogP contribution in [0.4, 0.5) is 0 Å². The first-order chi connectivity index (χ1) is 29.5. The SMILES string of the molecule is Cc1cc(C)c(B(c2ccccc2C#Cc2cc(Br)c(C#Cc3ccccc3B(c3c(C)cc(C)cc3C)c3c(C)cc(C)cc3C)cc2Br)c2c(C)cc(C)cc2C)c(C)c1. The standard InChI is InChI=1S/C58H54B2Br2/c1-35-25-39(5)55(40(6)26-35)59(56-41(7)27-36(2)28-42(56)8)51-19-15-13-17-47(51)21-23-49-33-54(62)50(34-53(49)61)24-22-48-18-14-16-20-52(48)60(57-43(9)29-37(3)30-44(57)10)58-45(11)31-38(4)32-46(58)12/h13-20,25-34H,1-12H3. The number of hydrogen-bond donors (Lipinski definition) is 0. The third kappa shape index (κ3) is 9.25. The van der Waals surface area contributed by atoms with Crippen LogP contribution in [0.5, 0.6) is 0 Å². The van der Waals surface area contributed by atoms with E-state index >= 15 is 0 Å². The normalized spacial score (nSPS) is 10.8. The van der Waals surface area contributed by atoms with Crippen molar-refractivity contribution in [3.63, 3.8) is 0 Å². The highest BCUT2D eigenvalue weighted by Crippen LogP contribution is 2.26. The summed E-state index contributed by atoms with van der Waals surface area (Å²) in [6.07, 6.45) is 0. The molecule has 0 aliphatic rings. The highest BCUT2D eigenvalue weighted by Gasteiger charge is 2.31. The Bertz CT molecular complexity index is 2620. The van der Waals surface area contributed by atoms with Crippen LogP contribution in [0.2, 0.25) is 0 Å². The average molecular weight is 933 g/mol. The van der Waals surface area contributed by atoms with Gasteiger partial charge in [-0.25, -0.2) is 0 Å². The largest absolute Gasteiger partial charge is 0.244 e. The van der Waals surface area contributed by atoms with Crippen molar-refractivity contribution in [2.75, 3.05) is 0 Å². The van der Waals surface area contributed by atoms with Gasteiger partial charge in [0.15, 0.2) is 0 Å². The van der Waals surface area contributed by atoms with E-state index < -0.39 is 0 Å². The lowest BCUT2D eigenvalue weighted by atomic mass is 9.33. The number of halogens is 2. The zero-order chi connectivity index (χ0) is 44.6. The highest BCUT2D eigenvalue weighted by atomic mass is 79.9. The maximum atomic E-state index is 3.90. The van der Waals surface area contributed by atoms with Gasteiger partial charge in [0.1, 0.15) is 0 Å². The van der Waals surface area contributed by atoms with Crippen molar-refractivity contribution in [1.82, 2.24) is 0 Å². The monoisotopic (exact) mass is 930 g/mol. The molecule has 0 radical (unpaired) electrons. The zero-order valence-corrected chi connectivity index (χ0v) is 41.5. The lowest BCUT2D eigenvalue weighted by molar-refractivity contribution is 1.34. The Labute approximate surface area is 389 Å². The van der Waals surface area contributed by atoms with Crippen molar-refractivity contribution in [3.05, 3.63) is 207 Å². The Kier molecular flexibility index (Phi) is 13.4. The fourth-order valence-corrected chi connectivity index (χ4v) is 11.1. The summed E-state index contributed by atoms with van der Waals surface area (Å²) in [6.45, 7) is 26.8. The first-order valence-corrected chi connectivity index (χ1v) is 23.1. The molecule has 0 fully saturated rings. The molecule has 0 nitrogen and oxygen atoms in total. The minimum Gasteiger partial charge on any atom is -0.0657 e. The molecule has 306 valence electrons. The molecule has 0 amide bonds. The maximum Gasteiger partial charge on any atom is 0.244 e. The van der Waals surface area contributed by atoms with Gasteiger partial charge in [-0.2, -0.15) is 0 Å². The van der Waals surface area contributed by atoms with Crippen molar-refractivity contribution in [2.24, 2.45) is 0 Å². The van der Waals surface area contributed by atoms with E-state index in [0.29, 0.717) is 0 Å². The molecule has 4 heteroatoms. The van der Waals surface area contributed by atoms with Gasteiger partial charge in [0.25, 0.3) is 0 Å². The van der Waals surface area contributed by atoms with E-state index in [9.17, 15) is 0 Å². The summed E-state index contributed by atoms with van der Waals surface area (Å²) < 4.78 is 1.81. The molecule has 0 aromatic heterocycles. The molecular formula is C58H54B2Br2. The number of hydrogen-bond acceptors (Lipinski definition) is 0. The zero-order valence-electron chi connectivity index (χ0n) is 38.3. The molecule has 0 aliphatic carbocycles. The summed E-state index contributed by atoms with van der Waals surface area (Å²) in [6, 6.07) is 40.1. The summed E-state index contributed by atoms with van der Waals surface area (Å²) in [5.74, 6) is 14.4. The van der Waals surface area contributed by atoms with E-state index in [0.717, 1.165) is 31.2 Å². The van der Waals surface area contributed by atoms with Crippen LogP contribution < -0.4 is 32.8 Å². The molecular weight excluding hydrogens is 878 g/mol. The summed E-state index contributed by atoms with van der Waals surface area (Å²) >= 11 is 7.81. The number of rotatable bonds is 6. The molecule has 7 aromatic carbocycles. The summed E-state index contributed by atoms with van der Waals surface area (Å²) in [4.78, 5) is 0. The highest BCUT2D eigenvalue weighted by molar-refractivity contribution is 9.11. The van der Waals surface area contributed by atoms with Gasteiger partial charge in [-0.15, -0.1) is 0 Å². The van der Waals surface area contributed by atoms with Gasteiger partial charge in [0.05, 0.1) is 0 Å². The first-order valence-electron chi connectivity index (χ1n) is 21.5. The van der Waals surface area contributed by atoms with E-state index in [1.807, 2.05) is 0 Å². The van der Waals surface area contributed by atoms with Gasteiger partial charge in [-0.3, -0.25) is 0 Å². The smallest absolute Gasteiger partial charge is 0.0657 e. The topological polar surface area (TPSA) is 0 Å². The molecule has 0 N–H and O–H groups in total. The Morgan fingerprint density at radius 1 is 0.306 bits per heavy atom. The van der Waals surface area contributed by atoms with E-state index in [-0.39, 0.29) is 13.4 Å². The van der Waals surface area contributed by atoms with E-state index in [1.54, 1.807) is 0 Å². The minimum absolute atomic E-state index is 0.0367. The molecule has 0 heterocycles. The van der Waals surface area contributed by atoms with Crippen LogP contribution in [0, 0.1) is 107 Å². The van der Waals surface area contributed by atoms with E-state index in [2.05, 4.69) is 248 Å². The second-order valence-electron chi connectivity index (χ2n) is 17.6. The van der Waals surface area contributed by atoms with Crippen LogP contribution in [0.15, 0.2) is 118 Å². The second-order valence-corrected chi connectivity index (χ2v) is 19.3. The molecule has 0 saturated heterocycles. The van der Waals surface area contributed by atoms with Crippen LogP contribution in [0.1, 0.15) is 89.0 Å². The second kappa shape index (κ2) is 18.6. The molecule has 0 bridgehead atoms. The van der Waals surface area contributed by atoms with Crippen LogP contribution in [0.3, 0.4) is 0 Å². The van der Waals surface area contributed by atoms with Gasteiger partial charge in [-0.1, -0.05) is 208 Å². The Morgan fingerprint density at radius 2 is 0.532 bits per heavy atom. The van der Waals surface area contributed by atoms with Gasteiger partial charge in [-0.05, 0) is 139 Å². The number of benzene rings is 7. The Hall–Kier alpha value is -5.25. The summed E-state index contributed by atoms with van der Waals surface area (Å²) in [5, 5.41) is 0.